The quantitative estimate of drug-likeness (QED) is 0.775. The van der Waals surface area contributed by atoms with Crippen molar-refractivity contribution in [2.75, 3.05) is 13.1 Å². The molecule has 20 heavy (non-hydrogen) atoms. The predicted molar refractivity (Wildman–Crippen MR) is 72.1 cm³/mol. The number of likely N-dealkylation sites (tertiary alicyclic amines) is 1. The number of hydrogen-bond acceptors (Lipinski definition) is 3. The maximum atomic E-state index is 12.2. The maximum Gasteiger partial charge on any atom is 0.317 e. The Balaban J connectivity index is 1.87. The predicted octanol–water partition coefficient (Wildman–Crippen LogP) is 1.37. The number of piperidine rings is 1. The van der Waals surface area contributed by atoms with Crippen LogP contribution in [0.15, 0.2) is 12.4 Å². The molecule has 1 aliphatic rings. The number of nitrogens with one attached hydrogen (secondary N) is 2. The fraction of sp³-hybridized carbons (Fsp3) is 0.615. The molecule has 0 bridgehead atoms. The molecule has 1 atom stereocenters. The van der Waals surface area contributed by atoms with Crippen molar-refractivity contribution >= 4 is 12.0 Å². The van der Waals surface area contributed by atoms with E-state index < -0.39 is 5.97 Å². The average Bonchev–Trinajstić information content (AvgIpc) is 2.98. The number of urea groups is 1. The number of nitrogens with zero attached hydrogens (tertiary/aromatic N) is 2. The summed E-state index contributed by atoms with van der Waals surface area (Å²) in [6.45, 7) is 2.94. The van der Waals surface area contributed by atoms with Crippen LogP contribution in [0.5, 0.6) is 0 Å². The van der Waals surface area contributed by atoms with Crippen LogP contribution < -0.4 is 5.32 Å². The second-order valence-electron chi connectivity index (χ2n) is 4.98. The normalized spacial score (nSPS) is 17.8. The Bertz CT molecular complexity index is 452. The van der Waals surface area contributed by atoms with Crippen LogP contribution in [-0.4, -0.2) is 45.1 Å². The summed E-state index contributed by atoms with van der Waals surface area (Å²) in [6, 6.07) is -0.299. The molecule has 0 spiro atoms. The molecule has 1 aliphatic heterocycles. The van der Waals surface area contributed by atoms with Crippen LogP contribution in [0.25, 0.3) is 0 Å². The Kier molecular flexibility index (Phi) is 4.60. The molecule has 3 N–H and O–H groups in total. The molecule has 0 saturated carbocycles. The highest BCUT2D eigenvalue weighted by Gasteiger charge is 2.28. The van der Waals surface area contributed by atoms with Crippen LogP contribution in [0.4, 0.5) is 4.79 Å². The molecule has 2 amide bonds. The summed E-state index contributed by atoms with van der Waals surface area (Å²) in [6.07, 6.45) is 5.15. The van der Waals surface area contributed by atoms with E-state index in [-0.39, 0.29) is 18.0 Å². The molecule has 1 unspecified atom stereocenters. The van der Waals surface area contributed by atoms with E-state index in [0.717, 1.165) is 12.2 Å². The molecule has 1 aromatic heterocycles. The number of amides is 2. The summed E-state index contributed by atoms with van der Waals surface area (Å²) >= 11 is 0. The van der Waals surface area contributed by atoms with Crippen molar-refractivity contribution in [3.8, 4) is 0 Å². The van der Waals surface area contributed by atoms with Crippen molar-refractivity contribution < 1.29 is 14.7 Å². The Hall–Kier alpha value is -2.05. The molecule has 2 heterocycles. The van der Waals surface area contributed by atoms with Crippen LogP contribution in [0.3, 0.4) is 0 Å². The first-order valence-corrected chi connectivity index (χ1v) is 6.89. The van der Waals surface area contributed by atoms with Crippen molar-refractivity contribution in [1.29, 1.82) is 0 Å². The summed E-state index contributed by atoms with van der Waals surface area (Å²) < 4.78 is 0. The lowest BCUT2D eigenvalue weighted by Crippen LogP contribution is -2.46. The van der Waals surface area contributed by atoms with Crippen molar-refractivity contribution in [3.63, 3.8) is 0 Å². The van der Waals surface area contributed by atoms with Gasteiger partial charge in [0.2, 0.25) is 0 Å². The summed E-state index contributed by atoms with van der Waals surface area (Å²) in [5.41, 5.74) is 0. The molecule has 110 valence electrons. The highest BCUT2D eigenvalue weighted by molar-refractivity contribution is 5.75. The van der Waals surface area contributed by atoms with Gasteiger partial charge in [-0.3, -0.25) is 4.79 Å². The lowest BCUT2D eigenvalue weighted by atomic mass is 9.97. The number of rotatable bonds is 4. The molecular formula is C13H20N4O3. The molecule has 7 heteroatoms. The Morgan fingerprint density at radius 3 is 2.75 bits per heavy atom. The zero-order chi connectivity index (χ0) is 14.5. The number of imidazole rings is 1. The Labute approximate surface area is 117 Å². The van der Waals surface area contributed by atoms with Gasteiger partial charge in [-0.25, -0.2) is 9.78 Å². The van der Waals surface area contributed by atoms with Gasteiger partial charge in [0, 0.05) is 25.5 Å². The average molecular weight is 280 g/mol. The first-order valence-electron chi connectivity index (χ1n) is 6.89. The lowest BCUT2D eigenvalue weighted by Gasteiger charge is -2.31. The van der Waals surface area contributed by atoms with Crippen LogP contribution in [-0.2, 0) is 4.79 Å². The zero-order valence-corrected chi connectivity index (χ0v) is 11.5. The number of carbonyl (C=O) groups excluding carboxylic acids is 1. The second-order valence-corrected chi connectivity index (χ2v) is 4.98. The number of hydrogen-bond donors (Lipinski definition) is 3. The van der Waals surface area contributed by atoms with Crippen LogP contribution in [0.2, 0.25) is 0 Å². The number of carboxylic acid groups (broad SMARTS) is 1. The molecule has 0 radical (unpaired) electrons. The molecule has 1 fully saturated rings. The number of aliphatic carboxylic acids is 1. The fourth-order valence-corrected chi connectivity index (χ4v) is 2.40. The number of carboxylic acids is 1. The standard InChI is InChI=1S/C13H20N4O3/c1-2-10(11-14-5-6-15-11)16-13(20)17-7-3-9(4-8-17)12(18)19/h5-6,9-10H,2-4,7-8H2,1H3,(H,14,15)(H,16,20)(H,18,19). The number of aromatic nitrogens is 2. The smallest absolute Gasteiger partial charge is 0.317 e. The lowest BCUT2D eigenvalue weighted by molar-refractivity contribution is -0.143. The van der Waals surface area contributed by atoms with Gasteiger partial charge in [0.1, 0.15) is 5.82 Å². The molecular weight excluding hydrogens is 260 g/mol. The highest BCUT2D eigenvalue weighted by Crippen LogP contribution is 2.18. The van der Waals surface area contributed by atoms with Gasteiger partial charge in [0.15, 0.2) is 0 Å². The van der Waals surface area contributed by atoms with Gasteiger partial charge >= 0.3 is 12.0 Å². The SMILES string of the molecule is CCC(NC(=O)N1CCC(C(=O)O)CC1)c1ncc[nH]1. The molecule has 1 aromatic rings. The van der Waals surface area contributed by atoms with Crippen molar-refractivity contribution in [2.24, 2.45) is 5.92 Å². The summed E-state index contributed by atoms with van der Waals surface area (Å²) in [4.78, 5) is 31.9. The van der Waals surface area contributed by atoms with Gasteiger partial charge in [-0.1, -0.05) is 6.92 Å². The molecule has 2 rings (SSSR count). The molecule has 1 saturated heterocycles. The minimum absolute atomic E-state index is 0.144. The summed E-state index contributed by atoms with van der Waals surface area (Å²) in [5, 5.41) is 11.9. The number of aromatic amines is 1. The van der Waals surface area contributed by atoms with E-state index in [1.54, 1.807) is 17.3 Å². The van der Waals surface area contributed by atoms with Gasteiger partial charge < -0.3 is 20.3 Å². The Morgan fingerprint density at radius 2 is 2.25 bits per heavy atom. The number of carbonyl (C=O) groups is 2. The first-order chi connectivity index (χ1) is 9.61. The minimum atomic E-state index is -0.771. The largest absolute Gasteiger partial charge is 0.481 e. The topological polar surface area (TPSA) is 98.3 Å². The fourth-order valence-electron chi connectivity index (χ4n) is 2.40. The second kappa shape index (κ2) is 6.40. The Morgan fingerprint density at radius 1 is 1.55 bits per heavy atom. The molecule has 0 aromatic carbocycles. The van der Waals surface area contributed by atoms with E-state index >= 15 is 0 Å². The van der Waals surface area contributed by atoms with E-state index in [0.29, 0.717) is 25.9 Å². The minimum Gasteiger partial charge on any atom is -0.481 e. The van der Waals surface area contributed by atoms with Gasteiger partial charge in [-0.15, -0.1) is 0 Å². The van der Waals surface area contributed by atoms with Gasteiger partial charge in [0.05, 0.1) is 12.0 Å². The van der Waals surface area contributed by atoms with E-state index in [9.17, 15) is 9.59 Å². The van der Waals surface area contributed by atoms with Gasteiger partial charge in [-0.2, -0.15) is 0 Å². The van der Waals surface area contributed by atoms with Crippen LogP contribution >= 0.6 is 0 Å². The maximum absolute atomic E-state index is 12.2. The van der Waals surface area contributed by atoms with E-state index in [1.807, 2.05) is 6.92 Å². The third-order valence-electron chi connectivity index (χ3n) is 3.69. The summed E-state index contributed by atoms with van der Waals surface area (Å²) in [5.74, 6) is -0.362. The molecule has 0 aliphatic carbocycles. The first kappa shape index (κ1) is 14.4. The van der Waals surface area contributed by atoms with Gasteiger partial charge in [0.25, 0.3) is 0 Å². The van der Waals surface area contributed by atoms with E-state index in [4.69, 9.17) is 5.11 Å². The third-order valence-corrected chi connectivity index (χ3v) is 3.69. The zero-order valence-electron chi connectivity index (χ0n) is 11.5. The van der Waals surface area contributed by atoms with Crippen molar-refractivity contribution in [1.82, 2.24) is 20.2 Å². The van der Waals surface area contributed by atoms with E-state index in [2.05, 4.69) is 15.3 Å². The monoisotopic (exact) mass is 280 g/mol. The van der Waals surface area contributed by atoms with Crippen molar-refractivity contribution in [2.45, 2.75) is 32.2 Å². The molecule has 7 nitrogen and oxygen atoms in total. The van der Waals surface area contributed by atoms with Crippen LogP contribution in [0, 0.1) is 5.92 Å². The highest BCUT2D eigenvalue weighted by atomic mass is 16.4. The third kappa shape index (κ3) is 3.28. The number of H-pyrrole nitrogens is 1. The van der Waals surface area contributed by atoms with Crippen LogP contribution in [0.1, 0.15) is 38.1 Å². The van der Waals surface area contributed by atoms with Crippen molar-refractivity contribution in [3.05, 3.63) is 18.2 Å². The van der Waals surface area contributed by atoms with Gasteiger partial charge in [-0.05, 0) is 19.3 Å². The summed E-state index contributed by atoms with van der Waals surface area (Å²) in [7, 11) is 0. The van der Waals surface area contributed by atoms with E-state index in [1.165, 1.54) is 0 Å².